The van der Waals surface area contributed by atoms with Crippen LogP contribution in [0.15, 0.2) is 47.6 Å². The highest BCUT2D eigenvalue weighted by atomic mass is 19.4. The van der Waals surface area contributed by atoms with Crippen molar-refractivity contribution in [1.29, 1.82) is 0 Å². The maximum atomic E-state index is 13.5. The van der Waals surface area contributed by atoms with Gasteiger partial charge in [-0.2, -0.15) is 18.3 Å². The molecule has 206 valence electrons. The minimum Gasteiger partial charge on any atom is -0.481 e. The van der Waals surface area contributed by atoms with E-state index in [9.17, 15) is 37.1 Å². The fourth-order valence-electron chi connectivity index (χ4n) is 4.35. The second-order valence-electron chi connectivity index (χ2n) is 8.87. The first-order chi connectivity index (χ1) is 18.3. The van der Waals surface area contributed by atoms with Crippen LogP contribution in [0, 0.1) is 0 Å². The van der Waals surface area contributed by atoms with E-state index in [1.165, 1.54) is 18.3 Å². The van der Waals surface area contributed by atoms with Gasteiger partial charge in [-0.05, 0) is 29.8 Å². The molecule has 0 bridgehead atoms. The second kappa shape index (κ2) is 10.6. The van der Waals surface area contributed by atoms with Gasteiger partial charge in [-0.25, -0.2) is 9.38 Å². The van der Waals surface area contributed by atoms with E-state index in [2.05, 4.69) is 20.7 Å². The molecule has 0 saturated heterocycles. The molecule has 7 N–H and O–H groups in total. The number of primary amides is 2. The van der Waals surface area contributed by atoms with Crippen molar-refractivity contribution in [3.63, 3.8) is 0 Å². The van der Waals surface area contributed by atoms with E-state index < -0.39 is 54.1 Å². The number of carboxylic acid groups (broad SMARTS) is 1. The number of benzene rings is 2. The molecule has 0 saturated carbocycles. The number of carbonyl (C=O) groups is 3. The van der Waals surface area contributed by atoms with Crippen molar-refractivity contribution in [2.24, 2.45) is 16.5 Å². The molecule has 11 nitrogen and oxygen atoms in total. The Kier molecular flexibility index (Phi) is 7.42. The number of hydrogen-bond acceptors (Lipinski definition) is 7. The third-order valence-electron chi connectivity index (χ3n) is 6.19. The fourth-order valence-corrected chi connectivity index (χ4v) is 4.35. The number of alkyl halides is 4. The first-order valence-electron chi connectivity index (χ1n) is 11.5. The molecule has 3 aromatic rings. The van der Waals surface area contributed by atoms with E-state index in [4.69, 9.17) is 11.5 Å². The Morgan fingerprint density at radius 3 is 2.41 bits per heavy atom. The van der Waals surface area contributed by atoms with Crippen LogP contribution in [0.5, 0.6) is 0 Å². The highest BCUT2D eigenvalue weighted by molar-refractivity contribution is 6.07. The summed E-state index contributed by atoms with van der Waals surface area (Å²) in [5.74, 6) is -4.22. The average Bonchev–Trinajstić information content (AvgIpc) is 3.28. The Balaban J connectivity index is 1.84. The topological polar surface area (TPSA) is 178 Å². The smallest absolute Gasteiger partial charge is 0.416 e. The molecular formula is C24H23F4N7O4. The van der Waals surface area contributed by atoms with Gasteiger partial charge in [-0.1, -0.05) is 12.1 Å². The van der Waals surface area contributed by atoms with Gasteiger partial charge in [0.05, 0.1) is 42.5 Å². The number of aliphatic imine (C=N–C) groups is 1. The van der Waals surface area contributed by atoms with Crippen molar-refractivity contribution in [3.8, 4) is 0 Å². The Morgan fingerprint density at radius 1 is 1.18 bits per heavy atom. The van der Waals surface area contributed by atoms with Crippen LogP contribution in [0.3, 0.4) is 0 Å². The molecule has 0 aliphatic carbocycles. The summed E-state index contributed by atoms with van der Waals surface area (Å²) in [4.78, 5) is 40.6. The summed E-state index contributed by atoms with van der Waals surface area (Å²) >= 11 is 0. The summed E-state index contributed by atoms with van der Waals surface area (Å²) in [5.41, 5.74) is 10.7. The number of fused-ring (bicyclic) bond motifs is 1. The SMILES string of the molecule is NC(=O)c1cc(NC2=NCC(F)CN2)c2cnn(C(C(N)=O)[C@@H](CC(=O)O)c3ccc(C(F)(F)F)cc3)c2c1. The summed E-state index contributed by atoms with van der Waals surface area (Å²) in [6, 6.07) is 4.93. The van der Waals surface area contributed by atoms with Gasteiger partial charge in [-0.15, -0.1) is 0 Å². The van der Waals surface area contributed by atoms with Crippen LogP contribution in [-0.2, 0) is 15.8 Å². The van der Waals surface area contributed by atoms with Crippen LogP contribution in [0.4, 0.5) is 23.2 Å². The molecule has 2 amide bonds. The standard InChI is InChI=1S/C24H23F4N7O4/c25-14-8-31-23(32-9-14)34-17-5-12(21(29)38)6-18-16(17)10-33-35(18)20(22(30)39)15(7-19(36)37)11-1-3-13(4-2-11)24(26,27)28/h1-6,10,14-15,20H,7-9H2,(H2,29,38)(H2,30,39)(H,36,37)(H2,31,32,34)/t15-,20?/m0/s1. The van der Waals surface area contributed by atoms with Crippen LogP contribution in [0.25, 0.3) is 10.9 Å². The summed E-state index contributed by atoms with van der Waals surface area (Å²) in [6.45, 7) is -0.0987. The monoisotopic (exact) mass is 549 g/mol. The van der Waals surface area contributed by atoms with Crippen LogP contribution < -0.4 is 22.1 Å². The maximum absolute atomic E-state index is 13.5. The van der Waals surface area contributed by atoms with Crippen LogP contribution in [0.2, 0.25) is 0 Å². The van der Waals surface area contributed by atoms with Crippen LogP contribution >= 0.6 is 0 Å². The molecule has 1 aliphatic heterocycles. The van der Waals surface area contributed by atoms with Gasteiger partial charge in [0.1, 0.15) is 12.2 Å². The first-order valence-corrected chi connectivity index (χ1v) is 11.5. The molecule has 0 fully saturated rings. The summed E-state index contributed by atoms with van der Waals surface area (Å²) < 4.78 is 53.8. The van der Waals surface area contributed by atoms with Gasteiger partial charge in [0, 0.05) is 16.9 Å². The van der Waals surface area contributed by atoms with Gasteiger partial charge < -0.3 is 27.2 Å². The van der Waals surface area contributed by atoms with Crippen LogP contribution in [-0.4, -0.2) is 57.9 Å². The lowest BCUT2D eigenvalue weighted by Gasteiger charge is -2.25. The highest BCUT2D eigenvalue weighted by Gasteiger charge is 2.35. The van der Waals surface area contributed by atoms with Crippen molar-refractivity contribution < 1.29 is 37.1 Å². The number of amides is 2. The van der Waals surface area contributed by atoms with E-state index in [0.29, 0.717) is 5.39 Å². The van der Waals surface area contributed by atoms with Crippen molar-refractivity contribution in [1.82, 2.24) is 15.1 Å². The number of anilines is 1. The molecule has 2 unspecified atom stereocenters. The molecule has 39 heavy (non-hydrogen) atoms. The zero-order valence-electron chi connectivity index (χ0n) is 20.1. The molecule has 0 spiro atoms. The molecule has 4 rings (SSSR count). The number of nitrogens with zero attached hydrogens (tertiary/aromatic N) is 3. The van der Waals surface area contributed by atoms with E-state index in [1.807, 2.05) is 0 Å². The zero-order chi connectivity index (χ0) is 28.5. The van der Waals surface area contributed by atoms with Gasteiger partial charge in [0.25, 0.3) is 0 Å². The molecule has 2 heterocycles. The Labute approximate surface area is 217 Å². The fraction of sp³-hybridized carbons (Fsp3) is 0.292. The predicted molar refractivity (Wildman–Crippen MR) is 132 cm³/mol. The first kappa shape index (κ1) is 27.3. The van der Waals surface area contributed by atoms with E-state index in [1.54, 1.807) is 0 Å². The molecule has 2 aromatic carbocycles. The van der Waals surface area contributed by atoms with Gasteiger partial charge in [0.2, 0.25) is 11.8 Å². The van der Waals surface area contributed by atoms with Crippen LogP contribution in [0.1, 0.15) is 39.9 Å². The van der Waals surface area contributed by atoms with E-state index in [0.717, 1.165) is 28.9 Å². The van der Waals surface area contributed by atoms with Gasteiger partial charge >= 0.3 is 12.1 Å². The summed E-state index contributed by atoms with van der Waals surface area (Å²) in [5, 5.41) is 19.8. The number of aromatic nitrogens is 2. The maximum Gasteiger partial charge on any atom is 0.416 e. The number of carboxylic acids is 1. The van der Waals surface area contributed by atoms with Crippen molar-refractivity contribution >= 4 is 40.3 Å². The molecule has 0 radical (unpaired) electrons. The summed E-state index contributed by atoms with van der Waals surface area (Å²) in [7, 11) is 0. The van der Waals surface area contributed by atoms with Crippen molar-refractivity contribution in [2.75, 3.05) is 18.4 Å². The van der Waals surface area contributed by atoms with Crippen molar-refractivity contribution in [2.45, 2.75) is 30.7 Å². The molecule has 3 atom stereocenters. The van der Waals surface area contributed by atoms with E-state index in [-0.39, 0.29) is 41.4 Å². The predicted octanol–water partition coefficient (Wildman–Crippen LogP) is 2.15. The second-order valence-corrected chi connectivity index (χ2v) is 8.87. The largest absolute Gasteiger partial charge is 0.481 e. The quantitative estimate of drug-likeness (QED) is 0.267. The lowest BCUT2D eigenvalue weighted by Crippen LogP contribution is -2.41. The Morgan fingerprint density at radius 2 is 1.87 bits per heavy atom. The lowest BCUT2D eigenvalue weighted by molar-refractivity contribution is -0.139. The number of carbonyl (C=O) groups excluding carboxylic acids is 2. The van der Waals surface area contributed by atoms with Gasteiger partial charge in [-0.3, -0.25) is 19.1 Å². The number of aliphatic carboxylic acids is 1. The Bertz CT molecular complexity index is 1450. The third-order valence-corrected chi connectivity index (χ3v) is 6.19. The number of rotatable bonds is 8. The number of halogens is 4. The number of guanidine groups is 1. The van der Waals surface area contributed by atoms with E-state index >= 15 is 0 Å². The van der Waals surface area contributed by atoms with Gasteiger partial charge in [0.15, 0.2) is 5.96 Å². The van der Waals surface area contributed by atoms with Crippen molar-refractivity contribution in [3.05, 3.63) is 59.3 Å². The number of nitrogens with one attached hydrogen (secondary N) is 2. The minimum atomic E-state index is -4.63. The molecular weight excluding hydrogens is 526 g/mol. The number of nitrogens with two attached hydrogens (primary N) is 2. The molecule has 1 aliphatic rings. The Hall–Kier alpha value is -4.69. The average molecular weight is 549 g/mol. The normalized spacial score (nSPS) is 17.1. The highest BCUT2D eigenvalue weighted by Crippen LogP contribution is 2.37. The lowest BCUT2D eigenvalue weighted by atomic mass is 9.87. The summed E-state index contributed by atoms with van der Waals surface area (Å²) in [6.07, 6.45) is -5.15. The number of hydrogen-bond donors (Lipinski definition) is 5. The molecule has 15 heteroatoms. The third kappa shape index (κ3) is 5.91. The minimum absolute atomic E-state index is 0.00249. The zero-order valence-corrected chi connectivity index (χ0v) is 20.1. The molecule has 1 aromatic heterocycles.